The van der Waals surface area contributed by atoms with Crippen LogP contribution in [0, 0.1) is 6.92 Å². The van der Waals surface area contributed by atoms with E-state index in [1.54, 1.807) is 23.1 Å². The number of benzene rings is 1. The quantitative estimate of drug-likeness (QED) is 0.558. The number of hydrogen-bond donors (Lipinski definition) is 0. The van der Waals surface area contributed by atoms with Crippen LogP contribution in [0.3, 0.4) is 0 Å². The summed E-state index contributed by atoms with van der Waals surface area (Å²) in [5.74, 6) is 0. The highest BCUT2D eigenvalue weighted by Crippen LogP contribution is 2.20. The van der Waals surface area contributed by atoms with Crippen LogP contribution in [0.25, 0.3) is 5.69 Å². The SMILES string of the molecule is CSc1scc(C)[n+]1-c1ccccc1. The van der Waals surface area contributed by atoms with Crippen molar-refractivity contribution < 1.29 is 4.57 Å². The average Bonchev–Trinajstić information content (AvgIpc) is 2.61. The van der Waals surface area contributed by atoms with Gasteiger partial charge in [0.2, 0.25) is 5.69 Å². The summed E-state index contributed by atoms with van der Waals surface area (Å²) in [6.45, 7) is 2.14. The third kappa shape index (κ3) is 1.70. The van der Waals surface area contributed by atoms with Crippen molar-refractivity contribution in [3.8, 4) is 5.69 Å². The van der Waals surface area contributed by atoms with Crippen molar-refractivity contribution in [2.75, 3.05) is 6.26 Å². The lowest BCUT2D eigenvalue weighted by Gasteiger charge is -1.95. The highest BCUT2D eigenvalue weighted by molar-refractivity contribution is 8.00. The van der Waals surface area contributed by atoms with Crippen molar-refractivity contribution in [1.29, 1.82) is 0 Å². The second kappa shape index (κ2) is 4.15. The first kappa shape index (κ1) is 9.74. The molecule has 0 N–H and O–H groups in total. The molecule has 2 aromatic rings. The van der Waals surface area contributed by atoms with Gasteiger partial charge in [-0.2, -0.15) is 0 Å². The molecule has 0 aliphatic heterocycles. The monoisotopic (exact) mass is 222 g/mol. The normalized spacial score (nSPS) is 10.4. The van der Waals surface area contributed by atoms with E-state index in [1.165, 1.54) is 15.7 Å². The molecule has 1 heterocycles. The Kier molecular flexibility index (Phi) is 2.89. The standard InChI is InChI=1S/C11H12NS2/c1-9-8-14-11(13-2)12(9)10-6-4-3-5-7-10/h3-8H,1-2H3/q+1. The lowest BCUT2D eigenvalue weighted by Crippen LogP contribution is -2.33. The molecule has 0 bridgehead atoms. The Morgan fingerprint density at radius 1 is 1.21 bits per heavy atom. The van der Waals surface area contributed by atoms with Gasteiger partial charge >= 0.3 is 4.34 Å². The topological polar surface area (TPSA) is 3.88 Å². The molecule has 0 unspecified atom stereocenters. The van der Waals surface area contributed by atoms with Crippen LogP contribution < -0.4 is 4.57 Å². The Morgan fingerprint density at radius 3 is 2.57 bits per heavy atom. The summed E-state index contributed by atoms with van der Waals surface area (Å²) in [5, 5.41) is 2.19. The minimum Gasteiger partial charge on any atom is -0.142 e. The van der Waals surface area contributed by atoms with Gasteiger partial charge in [0.1, 0.15) is 0 Å². The summed E-state index contributed by atoms with van der Waals surface area (Å²) in [6, 6.07) is 10.5. The Balaban J connectivity index is 2.55. The van der Waals surface area contributed by atoms with Crippen molar-refractivity contribution in [1.82, 2.24) is 0 Å². The Hall–Kier alpha value is -0.800. The second-order valence-corrected chi connectivity index (χ2v) is 4.93. The number of rotatable bonds is 2. The Bertz CT molecular complexity index is 420. The molecule has 0 spiro atoms. The van der Waals surface area contributed by atoms with Crippen LogP contribution in [0.5, 0.6) is 0 Å². The van der Waals surface area contributed by atoms with Gasteiger partial charge in [0.25, 0.3) is 0 Å². The molecule has 0 fully saturated rings. The van der Waals surface area contributed by atoms with Gasteiger partial charge < -0.3 is 0 Å². The first-order valence-electron chi connectivity index (χ1n) is 4.42. The molecule has 0 saturated carbocycles. The maximum Gasteiger partial charge on any atom is 0.303 e. The first-order valence-corrected chi connectivity index (χ1v) is 6.53. The van der Waals surface area contributed by atoms with E-state index < -0.39 is 0 Å². The van der Waals surface area contributed by atoms with Crippen molar-refractivity contribution in [3.63, 3.8) is 0 Å². The number of thiazole rings is 1. The van der Waals surface area contributed by atoms with Crippen LogP contribution in [0.4, 0.5) is 0 Å². The van der Waals surface area contributed by atoms with Gasteiger partial charge in [0.05, 0.1) is 5.38 Å². The predicted octanol–water partition coefficient (Wildman–Crippen LogP) is 3.06. The van der Waals surface area contributed by atoms with Gasteiger partial charge in [0.15, 0.2) is 5.69 Å². The minimum atomic E-state index is 1.25. The van der Waals surface area contributed by atoms with Gasteiger partial charge in [-0.05, 0) is 18.0 Å². The number of nitrogens with zero attached hydrogens (tertiary/aromatic N) is 1. The Morgan fingerprint density at radius 2 is 1.93 bits per heavy atom. The lowest BCUT2D eigenvalue weighted by molar-refractivity contribution is -0.634. The highest BCUT2D eigenvalue weighted by Gasteiger charge is 2.18. The fourth-order valence-corrected chi connectivity index (χ4v) is 3.10. The summed E-state index contributed by atoms with van der Waals surface area (Å²) in [7, 11) is 0. The molecule has 2 rings (SSSR count). The number of para-hydroxylation sites is 1. The maximum absolute atomic E-state index is 2.29. The van der Waals surface area contributed by atoms with Gasteiger partial charge in [-0.3, -0.25) is 0 Å². The van der Waals surface area contributed by atoms with Crippen LogP contribution in [-0.4, -0.2) is 6.26 Å². The zero-order chi connectivity index (χ0) is 9.97. The second-order valence-electron chi connectivity index (χ2n) is 3.02. The fourth-order valence-electron chi connectivity index (χ4n) is 1.41. The van der Waals surface area contributed by atoms with E-state index in [1.807, 2.05) is 6.07 Å². The van der Waals surface area contributed by atoms with Crippen molar-refractivity contribution in [3.05, 3.63) is 41.4 Å². The summed E-state index contributed by atoms with van der Waals surface area (Å²) < 4.78 is 3.61. The fraction of sp³-hybridized carbons (Fsp3) is 0.182. The maximum atomic E-state index is 2.29. The number of hydrogen-bond acceptors (Lipinski definition) is 2. The summed E-state index contributed by atoms with van der Waals surface area (Å²) in [6.07, 6.45) is 2.12. The molecule has 1 nitrogen and oxygen atoms in total. The Labute approximate surface area is 92.4 Å². The largest absolute Gasteiger partial charge is 0.303 e. The molecule has 3 heteroatoms. The predicted molar refractivity (Wildman–Crippen MR) is 62.4 cm³/mol. The van der Waals surface area contributed by atoms with Gasteiger partial charge in [-0.15, -0.1) is 4.57 Å². The van der Waals surface area contributed by atoms with Crippen LogP contribution >= 0.6 is 23.1 Å². The van der Waals surface area contributed by atoms with E-state index in [0.717, 1.165) is 0 Å². The summed E-state index contributed by atoms with van der Waals surface area (Å²) in [5.41, 5.74) is 2.54. The highest BCUT2D eigenvalue weighted by atomic mass is 32.2. The molecule has 0 aliphatic rings. The molecule has 14 heavy (non-hydrogen) atoms. The van der Waals surface area contributed by atoms with E-state index in [-0.39, 0.29) is 0 Å². The molecule has 0 aliphatic carbocycles. The molecule has 0 atom stereocenters. The van der Waals surface area contributed by atoms with Crippen molar-refractivity contribution in [2.24, 2.45) is 0 Å². The zero-order valence-electron chi connectivity index (χ0n) is 8.23. The molecule has 0 saturated heterocycles. The zero-order valence-corrected chi connectivity index (χ0v) is 9.86. The average molecular weight is 222 g/mol. The van der Waals surface area contributed by atoms with Crippen LogP contribution in [0.1, 0.15) is 5.69 Å². The molecule has 1 aromatic carbocycles. The third-order valence-corrected chi connectivity index (χ3v) is 4.22. The molecule has 0 radical (unpaired) electrons. The number of aryl methyl sites for hydroxylation is 1. The van der Waals surface area contributed by atoms with E-state index in [4.69, 9.17) is 0 Å². The smallest absolute Gasteiger partial charge is 0.142 e. The minimum absolute atomic E-state index is 1.25. The third-order valence-electron chi connectivity index (χ3n) is 2.05. The van der Waals surface area contributed by atoms with Crippen molar-refractivity contribution in [2.45, 2.75) is 11.3 Å². The summed E-state index contributed by atoms with van der Waals surface area (Å²) >= 11 is 3.59. The number of aromatic nitrogens is 1. The first-order chi connectivity index (χ1) is 6.83. The van der Waals surface area contributed by atoms with E-state index in [9.17, 15) is 0 Å². The van der Waals surface area contributed by atoms with Crippen LogP contribution in [-0.2, 0) is 0 Å². The van der Waals surface area contributed by atoms with Crippen LogP contribution in [0.2, 0.25) is 0 Å². The van der Waals surface area contributed by atoms with Crippen molar-refractivity contribution >= 4 is 23.1 Å². The van der Waals surface area contributed by atoms with Gasteiger partial charge in [-0.25, -0.2) is 0 Å². The lowest BCUT2D eigenvalue weighted by atomic mass is 10.3. The summed E-state index contributed by atoms with van der Waals surface area (Å²) in [4.78, 5) is 0. The van der Waals surface area contributed by atoms with E-state index in [0.29, 0.717) is 0 Å². The molecule has 1 aromatic heterocycles. The molecular formula is C11H12NS2+. The molecular weight excluding hydrogens is 210 g/mol. The molecule has 72 valence electrons. The number of thioether (sulfide) groups is 1. The van der Waals surface area contributed by atoms with E-state index in [2.05, 4.69) is 47.4 Å². The van der Waals surface area contributed by atoms with E-state index >= 15 is 0 Å². The van der Waals surface area contributed by atoms with Gasteiger partial charge in [0, 0.05) is 19.1 Å². The van der Waals surface area contributed by atoms with Crippen LogP contribution in [0.15, 0.2) is 40.1 Å². The van der Waals surface area contributed by atoms with Gasteiger partial charge in [-0.1, -0.05) is 29.5 Å². The molecule has 0 amide bonds.